The summed E-state index contributed by atoms with van der Waals surface area (Å²) in [5.41, 5.74) is 2.40. The molecule has 1 aliphatic heterocycles. The molecule has 3 nitrogen and oxygen atoms in total. The molecule has 102 valence electrons. The minimum atomic E-state index is 0.106. The normalized spacial score (nSPS) is 16.3. The number of benzene rings is 1. The van der Waals surface area contributed by atoms with Crippen molar-refractivity contribution < 1.29 is 4.79 Å². The highest BCUT2D eigenvalue weighted by Gasteiger charge is 2.12. The Bertz CT molecular complexity index is 442. The van der Waals surface area contributed by atoms with E-state index >= 15 is 0 Å². The van der Waals surface area contributed by atoms with Crippen LogP contribution >= 0.6 is 0 Å². The first-order valence-corrected chi connectivity index (χ1v) is 6.94. The molecule has 1 aromatic rings. The van der Waals surface area contributed by atoms with Gasteiger partial charge in [-0.3, -0.25) is 4.79 Å². The second-order valence-electron chi connectivity index (χ2n) is 5.23. The van der Waals surface area contributed by atoms with E-state index in [1.807, 2.05) is 11.0 Å². The molecular weight excluding hydrogens is 236 g/mol. The maximum absolute atomic E-state index is 12.0. The highest BCUT2D eigenvalue weighted by Crippen LogP contribution is 2.15. The summed E-state index contributed by atoms with van der Waals surface area (Å²) >= 11 is 0. The van der Waals surface area contributed by atoms with Crippen molar-refractivity contribution >= 4 is 12.0 Å². The van der Waals surface area contributed by atoms with Gasteiger partial charge in [0.1, 0.15) is 0 Å². The molecule has 0 radical (unpaired) electrons. The van der Waals surface area contributed by atoms with E-state index in [4.69, 9.17) is 0 Å². The third-order valence-corrected chi connectivity index (χ3v) is 3.45. The molecule has 1 heterocycles. The Kier molecular flexibility index (Phi) is 4.74. The Morgan fingerprint density at radius 2 is 1.84 bits per heavy atom. The van der Waals surface area contributed by atoms with Crippen LogP contribution in [-0.4, -0.2) is 37.0 Å². The molecule has 1 fully saturated rings. The highest BCUT2D eigenvalue weighted by molar-refractivity contribution is 5.91. The van der Waals surface area contributed by atoms with Crippen LogP contribution in [0.25, 0.3) is 6.08 Å². The van der Waals surface area contributed by atoms with E-state index in [1.165, 1.54) is 5.56 Å². The summed E-state index contributed by atoms with van der Waals surface area (Å²) in [7, 11) is 0. The third-order valence-electron chi connectivity index (χ3n) is 3.45. The second kappa shape index (κ2) is 6.53. The lowest BCUT2D eigenvalue weighted by Crippen LogP contribution is -2.45. The van der Waals surface area contributed by atoms with Gasteiger partial charge in [0.25, 0.3) is 0 Å². The van der Waals surface area contributed by atoms with Gasteiger partial charge < -0.3 is 10.2 Å². The minimum Gasteiger partial charge on any atom is -0.337 e. The number of hydrogen-bond donors (Lipinski definition) is 1. The van der Waals surface area contributed by atoms with E-state index in [1.54, 1.807) is 6.08 Å². The van der Waals surface area contributed by atoms with Crippen LogP contribution in [0.4, 0.5) is 0 Å². The minimum absolute atomic E-state index is 0.106. The molecule has 1 saturated heterocycles. The molecule has 0 unspecified atom stereocenters. The lowest BCUT2D eigenvalue weighted by atomic mass is 10.0. The fraction of sp³-hybridized carbons (Fsp3) is 0.438. The number of amides is 1. The molecule has 19 heavy (non-hydrogen) atoms. The molecule has 0 aromatic heterocycles. The van der Waals surface area contributed by atoms with Gasteiger partial charge >= 0.3 is 0 Å². The van der Waals surface area contributed by atoms with E-state index in [0.717, 1.165) is 31.7 Å². The lowest BCUT2D eigenvalue weighted by molar-refractivity contribution is -0.126. The Balaban J connectivity index is 1.95. The average Bonchev–Trinajstić information content (AvgIpc) is 2.46. The SMILES string of the molecule is CC(C)c1ccc(/C=C/C(=O)N2CCNCC2)cc1. The maximum atomic E-state index is 12.0. The summed E-state index contributed by atoms with van der Waals surface area (Å²) in [4.78, 5) is 13.8. The van der Waals surface area contributed by atoms with Gasteiger partial charge in [0.15, 0.2) is 0 Å². The molecule has 0 atom stereocenters. The number of carbonyl (C=O) groups excluding carboxylic acids is 1. The smallest absolute Gasteiger partial charge is 0.246 e. The first-order chi connectivity index (χ1) is 9.16. The van der Waals surface area contributed by atoms with Crippen LogP contribution in [-0.2, 0) is 4.79 Å². The van der Waals surface area contributed by atoms with Gasteiger partial charge in [0.2, 0.25) is 5.91 Å². The quantitative estimate of drug-likeness (QED) is 0.843. The van der Waals surface area contributed by atoms with E-state index < -0.39 is 0 Å². The van der Waals surface area contributed by atoms with Crippen molar-refractivity contribution in [2.24, 2.45) is 0 Å². The van der Waals surface area contributed by atoms with Crippen LogP contribution in [0, 0.1) is 0 Å². The predicted molar refractivity (Wildman–Crippen MR) is 79.0 cm³/mol. The molecule has 1 N–H and O–H groups in total. The molecule has 2 rings (SSSR count). The first-order valence-electron chi connectivity index (χ1n) is 6.94. The molecule has 1 aromatic carbocycles. The summed E-state index contributed by atoms with van der Waals surface area (Å²) < 4.78 is 0. The number of piperazine rings is 1. The summed E-state index contributed by atoms with van der Waals surface area (Å²) in [6.07, 6.45) is 3.57. The number of rotatable bonds is 3. The Morgan fingerprint density at radius 1 is 1.21 bits per heavy atom. The molecule has 0 spiro atoms. The fourth-order valence-corrected chi connectivity index (χ4v) is 2.15. The summed E-state index contributed by atoms with van der Waals surface area (Å²) in [5, 5.41) is 3.24. The molecule has 1 amide bonds. The van der Waals surface area contributed by atoms with Crippen LogP contribution in [0.2, 0.25) is 0 Å². The Labute approximate surface area is 115 Å². The van der Waals surface area contributed by atoms with Gasteiger partial charge in [-0.05, 0) is 23.1 Å². The number of hydrogen-bond acceptors (Lipinski definition) is 2. The van der Waals surface area contributed by atoms with Crippen LogP contribution in [0.3, 0.4) is 0 Å². The number of nitrogens with zero attached hydrogens (tertiary/aromatic N) is 1. The Morgan fingerprint density at radius 3 is 2.42 bits per heavy atom. The average molecular weight is 258 g/mol. The van der Waals surface area contributed by atoms with E-state index in [-0.39, 0.29) is 5.91 Å². The molecule has 0 aliphatic carbocycles. The van der Waals surface area contributed by atoms with Crippen molar-refractivity contribution in [2.75, 3.05) is 26.2 Å². The van der Waals surface area contributed by atoms with Crippen molar-refractivity contribution in [3.63, 3.8) is 0 Å². The monoisotopic (exact) mass is 258 g/mol. The van der Waals surface area contributed by atoms with Gasteiger partial charge in [0.05, 0.1) is 0 Å². The van der Waals surface area contributed by atoms with E-state index in [9.17, 15) is 4.79 Å². The highest BCUT2D eigenvalue weighted by atomic mass is 16.2. The van der Waals surface area contributed by atoms with Gasteiger partial charge in [-0.25, -0.2) is 0 Å². The van der Waals surface area contributed by atoms with Crippen molar-refractivity contribution in [3.05, 3.63) is 41.5 Å². The van der Waals surface area contributed by atoms with Crippen molar-refractivity contribution in [1.29, 1.82) is 0 Å². The number of nitrogens with one attached hydrogen (secondary N) is 1. The molecule has 0 bridgehead atoms. The lowest BCUT2D eigenvalue weighted by Gasteiger charge is -2.26. The van der Waals surface area contributed by atoms with Gasteiger partial charge in [0, 0.05) is 32.3 Å². The van der Waals surface area contributed by atoms with E-state index in [0.29, 0.717) is 5.92 Å². The topological polar surface area (TPSA) is 32.3 Å². The zero-order valence-electron chi connectivity index (χ0n) is 11.7. The maximum Gasteiger partial charge on any atom is 0.246 e. The first kappa shape index (κ1) is 13.8. The third kappa shape index (κ3) is 3.93. The summed E-state index contributed by atoms with van der Waals surface area (Å²) in [6, 6.07) is 8.38. The fourth-order valence-electron chi connectivity index (χ4n) is 2.15. The summed E-state index contributed by atoms with van der Waals surface area (Å²) in [6.45, 7) is 7.74. The van der Waals surface area contributed by atoms with Crippen LogP contribution < -0.4 is 5.32 Å². The number of carbonyl (C=O) groups is 1. The van der Waals surface area contributed by atoms with Gasteiger partial charge in [-0.15, -0.1) is 0 Å². The van der Waals surface area contributed by atoms with Gasteiger partial charge in [-0.1, -0.05) is 38.1 Å². The van der Waals surface area contributed by atoms with Crippen molar-refractivity contribution in [2.45, 2.75) is 19.8 Å². The molecular formula is C16H22N2O. The second-order valence-corrected chi connectivity index (χ2v) is 5.23. The van der Waals surface area contributed by atoms with Crippen molar-refractivity contribution in [3.8, 4) is 0 Å². The van der Waals surface area contributed by atoms with Crippen LogP contribution in [0.5, 0.6) is 0 Å². The van der Waals surface area contributed by atoms with Crippen molar-refractivity contribution in [1.82, 2.24) is 10.2 Å². The molecule has 0 saturated carbocycles. The zero-order chi connectivity index (χ0) is 13.7. The molecule has 1 aliphatic rings. The predicted octanol–water partition coefficient (Wildman–Crippen LogP) is 2.25. The zero-order valence-corrected chi connectivity index (χ0v) is 11.7. The largest absolute Gasteiger partial charge is 0.337 e. The standard InChI is InChI=1S/C16H22N2O/c1-13(2)15-6-3-14(4-7-15)5-8-16(19)18-11-9-17-10-12-18/h3-8,13,17H,9-12H2,1-2H3/b8-5+. The van der Waals surface area contributed by atoms with Crippen LogP contribution in [0.15, 0.2) is 30.3 Å². The van der Waals surface area contributed by atoms with E-state index in [2.05, 4.69) is 43.4 Å². The van der Waals surface area contributed by atoms with Gasteiger partial charge in [-0.2, -0.15) is 0 Å². The van der Waals surface area contributed by atoms with Crippen LogP contribution in [0.1, 0.15) is 30.9 Å². The Hall–Kier alpha value is -1.61. The molecule has 3 heteroatoms. The summed E-state index contributed by atoms with van der Waals surface area (Å²) in [5.74, 6) is 0.648.